The minimum atomic E-state index is -0.0162. The first-order valence-electron chi connectivity index (χ1n) is 10.6. The van der Waals surface area contributed by atoms with Crippen LogP contribution in [0.5, 0.6) is 0 Å². The molecule has 164 valence electrons. The molecule has 0 bridgehead atoms. The van der Waals surface area contributed by atoms with Gasteiger partial charge in [-0.3, -0.25) is 4.79 Å². The molecule has 7 nitrogen and oxygen atoms in total. The second kappa shape index (κ2) is 10.2. The lowest BCUT2D eigenvalue weighted by molar-refractivity contribution is -0.121. The van der Waals surface area contributed by atoms with Gasteiger partial charge in [0.2, 0.25) is 5.91 Å². The zero-order valence-electron chi connectivity index (χ0n) is 17.8. The summed E-state index contributed by atoms with van der Waals surface area (Å²) < 4.78 is 1.68. The molecular formula is C24H25ClN6O. The minimum absolute atomic E-state index is 0.0162. The Morgan fingerprint density at radius 2 is 1.81 bits per heavy atom. The number of carbonyl (C=O) groups excluding carboxylic acids is 1. The van der Waals surface area contributed by atoms with Crippen LogP contribution >= 0.6 is 11.6 Å². The van der Waals surface area contributed by atoms with Crippen LogP contribution in [0.4, 0.5) is 5.82 Å². The molecule has 4 aromatic rings. The lowest BCUT2D eigenvalue weighted by Gasteiger charge is -2.13. The van der Waals surface area contributed by atoms with Crippen LogP contribution in [0.3, 0.4) is 0 Å². The van der Waals surface area contributed by atoms with Crippen molar-refractivity contribution in [1.29, 1.82) is 0 Å². The van der Waals surface area contributed by atoms with Crippen molar-refractivity contribution in [2.24, 2.45) is 0 Å². The van der Waals surface area contributed by atoms with E-state index >= 15 is 0 Å². The van der Waals surface area contributed by atoms with E-state index in [1.807, 2.05) is 54.6 Å². The van der Waals surface area contributed by atoms with E-state index in [4.69, 9.17) is 11.6 Å². The third-order valence-corrected chi connectivity index (χ3v) is 5.66. The maximum Gasteiger partial charge on any atom is 0.220 e. The van der Waals surface area contributed by atoms with Crippen molar-refractivity contribution < 1.29 is 4.79 Å². The van der Waals surface area contributed by atoms with Crippen LogP contribution in [-0.2, 0) is 17.8 Å². The van der Waals surface area contributed by atoms with Crippen LogP contribution in [0.25, 0.3) is 5.65 Å². The van der Waals surface area contributed by atoms with Gasteiger partial charge in [0.25, 0.3) is 0 Å². The van der Waals surface area contributed by atoms with Crippen molar-refractivity contribution >= 4 is 29.0 Å². The van der Waals surface area contributed by atoms with Gasteiger partial charge in [-0.15, -0.1) is 15.3 Å². The summed E-state index contributed by atoms with van der Waals surface area (Å²) in [5.41, 5.74) is 2.83. The Balaban J connectivity index is 1.33. The number of aryl methyl sites for hydroxylation is 1. The smallest absolute Gasteiger partial charge is 0.220 e. The lowest BCUT2D eigenvalue weighted by Crippen LogP contribution is -2.27. The number of rotatable bonds is 9. The molecule has 0 spiro atoms. The van der Waals surface area contributed by atoms with Crippen LogP contribution in [-0.4, -0.2) is 32.3 Å². The molecule has 2 aromatic heterocycles. The van der Waals surface area contributed by atoms with Crippen molar-refractivity contribution in [2.45, 2.75) is 32.2 Å². The first-order valence-corrected chi connectivity index (χ1v) is 11.0. The Morgan fingerprint density at radius 1 is 1.03 bits per heavy atom. The number of nitrogens with zero attached hydrogens (tertiary/aromatic N) is 4. The molecule has 0 aliphatic rings. The van der Waals surface area contributed by atoms with Gasteiger partial charge < -0.3 is 10.6 Å². The molecule has 0 saturated heterocycles. The molecule has 0 radical (unpaired) electrons. The highest BCUT2D eigenvalue weighted by Crippen LogP contribution is 2.17. The van der Waals surface area contributed by atoms with Gasteiger partial charge >= 0.3 is 0 Å². The van der Waals surface area contributed by atoms with E-state index in [1.165, 1.54) is 5.56 Å². The van der Waals surface area contributed by atoms with Gasteiger partial charge in [0.1, 0.15) is 5.82 Å². The van der Waals surface area contributed by atoms with E-state index in [0.717, 1.165) is 5.56 Å². The molecule has 0 aliphatic carbocycles. The highest BCUT2D eigenvalue weighted by atomic mass is 35.5. The average molecular weight is 449 g/mol. The quantitative estimate of drug-likeness (QED) is 0.400. The summed E-state index contributed by atoms with van der Waals surface area (Å²) in [5, 5.41) is 19.9. The van der Waals surface area contributed by atoms with E-state index in [0.29, 0.717) is 48.2 Å². The fraction of sp³-hybridized carbons (Fsp3) is 0.250. The van der Waals surface area contributed by atoms with Crippen LogP contribution in [0.1, 0.15) is 36.2 Å². The van der Waals surface area contributed by atoms with Crippen molar-refractivity contribution in [3.8, 4) is 0 Å². The van der Waals surface area contributed by atoms with Gasteiger partial charge in [-0.05, 0) is 35.2 Å². The van der Waals surface area contributed by atoms with E-state index in [-0.39, 0.29) is 11.8 Å². The van der Waals surface area contributed by atoms with Crippen molar-refractivity contribution in [2.75, 3.05) is 11.9 Å². The molecular weight excluding hydrogens is 424 g/mol. The van der Waals surface area contributed by atoms with Crippen LogP contribution < -0.4 is 10.6 Å². The summed E-state index contributed by atoms with van der Waals surface area (Å²) in [6.07, 6.45) is 0.773. The largest absolute Gasteiger partial charge is 0.364 e. The number of halogens is 1. The molecule has 1 atom stereocenters. The second-order valence-corrected chi connectivity index (χ2v) is 8.07. The first kappa shape index (κ1) is 21.8. The Bertz CT molecular complexity index is 1190. The summed E-state index contributed by atoms with van der Waals surface area (Å²) in [7, 11) is 0. The molecule has 0 aliphatic heterocycles. The molecule has 1 amide bonds. The number of fused-ring (bicyclic) bond motifs is 1. The second-order valence-electron chi connectivity index (χ2n) is 7.67. The van der Waals surface area contributed by atoms with Crippen molar-refractivity contribution in [1.82, 2.24) is 25.1 Å². The summed E-state index contributed by atoms with van der Waals surface area (Å²) in [4.78, 5) is 12.4. The predicted molar refractivity (Wildman–Crippen MR) is 126 cm³/mol. The third kappa shape index (κ3) is 5.42. The molecule has 32 heavy (non-hydrogen) atoms. The van der Waals surface area contributed by atoms with Crippen molar-refractivity contribution in [3.05, 3.63) is 88.7 Å². The number of nitrogens with one attached hydrogen (secondary N) is 2. The molecule has 2 aromatic carbocycles. The van der Waals surface area contributed by atoms with Crippen LogP contribution in [0.2, 0.25) is 5.02 Å². The molecule has 0 fully saturated rings. The number of benzene rings is 2. The number of carbonyl (C=O) groups is 1. The maximum atomic E-state index is 12.4. The number of hydrogen-bond acceptors (Lipinski definition) is 5. The predicted octanol–water partition coefficient (Wildman–Crippen LogP) is 4.24. The van der Waals surface area contributed by atoms with Gasteiger partial charge in [0.05, 0.1) is 0 Å². The minimum Gasteiger partial charge on any atom is -0.364 e. The zero-order valence-corrected chi connectivity index (χ0v) is 18.6. The SMILES string of the molecule is CC(CNC(=O)CCc1nnc2ccc(NCc3ccccc3Cl)nn12)c1ccccc1. The normalized spacial score (nSPS) is 11.9. The number of anilines is 1. The third-order valence-electron chi connectivity index (χ3n) is 5.29. The van der Waals surface area contributed by atoms with Gasteiger partial charge in [0, 0.05) is 31.0 Å². The van der Waals surface area contributed by atoms with Crippen LogP contribution in [0.15, 0.2) is 66.7 Å². The topological polar surface area (TPSA) is 84.2 Å². The fourth-order valence-electron chi connectivity index (χ4n) is 3.39. The molecule has 8 heteroatoms. The highest BCUT2D eigenvalue weighted by molar-refractivity contribution is 6.31. The van der Waals surface area contributed by atoms with Gasteiger partial charge in [-0.1, -0.05) is 67.1 Å². The summed E-state index contributed by atoms with van der Waals surface area (Å²) in [6, 6.07) is 21.5. The lowest BCUT2D eigenvalue weighted by atomic mass is 10.0. The number of amides is 1. The monoisotopic (exact) mass is 448 g/mol. The number of aromatic nitrogens is 4. The zero-order chi connectivity index (χ0) is 22.3. The Kier molecular flexibility index (Phi) is 6.97. The molecule has 1 unspecified atom stereocenters. The Morgan fingerprint density at radius 3 is 2.62 bits per heavy atom. The molecule has 4 rings (SSSR count). The first-order chi connectivity index (χ1) is 15.6. The van der Waals surface area contributed by atoms with E-state index in [1.54, 1.807) is 4.52 Å². The van der Waals surface area contributed by atoms with E-state index in [9.17, 15) is 4.79 Å². The molecule has 2 N–H and O–H groups in total. The summed E-state index contributed by atoms with van der Waals surface area (Å²) >= 11 is 6.22. The Labute approximate surface area is 191 Å². The molecule has 0 saturated carbocycles. The summed E-state index contributed by atoms with van der Waals surface area (Å²) in [6.45, 7) is 3.25. The Hall–Kier alpha value is -3.45. The van der Waals surface area contributed by atoms with Gasteiger partial charge in [0.15, 0.2) is 11.5 Å². The van der Waals surface area contributed by atoms with E-state index in [2.05, 4.69) is 45.0 Å². The van der Waals surface area contributed by atoms with E-state index < -0.39 is 0 Å². The standard InChI is InChI=1S/C24H25ClN6O/c1-17(18-7-3-2-4-8-18)15-27-24(32)14-13-23-29-28-22-12-11-21(30-31(22)23)26-16-19-9-5-6-10-20(19)25/h2-12,17H,13-16H2,1H3,(H,26,30)(H,27,32). The maximum absolute atomic E-state index is 12.4. The number of hydrogen-bond donors (Lipinski definition) is 2. The van der Waals surface area contributed by atoms with Crippen LogP contribution in [0, 0.1) is 0 Å². The average Bonchev–Trinajstić information content (AvgIpc) is 3.23. The van der Waals surface area contributed by atoms with Gasteiger partial charge in [-0.2, -0.15) is 4.52 Å². The molecule has 2 heterocycles. The highest BCUT2D eigenvalue weighted by Gasteiger charge is 2.12. The van der Waals surface area contributed by atoms with Crippen molar-refractivity contribution in [3.63, 3.8) is 0 Å². The van der Waals surface area contributed by atoms with Gasteiger partial charge in [-0.25, -0.2) is 0 Å². The summed E-state index contributed by atoms with van der Waals surface area (Å²) in [5.74, 6) is 1.56. The fourth-order valence-corrected chi connectivity index (χ4v) is 3.59.